The van der Waals surface area contributed by atoms with Crippen molar-refractivity contribution in [1.82, 2.24) is 14.5 Å². The predicted molar refractivity (Wildman–Crippen MR) is 75.9 cm³/mol. The highest BCUT2D eigenvalue weighted by Crippen LogP contribution is 2.13. The van der Waals surface area contributed by atoms with E-state index in [2.05, 4.69) is 4.98 Å². The number of aromatic nitrogens is 2. The molecule has 0 N–H and O–H groups in total. The molecule has 1 unspecified atom stereocenters. The molecule has 0 bridgehead atoms. The summed E-state index contributed by atoms with van der Waals surface area (Å²) in [5.74, 6) is -0.0707. The van der Waals surface area contributed by atoms with Crippen molar-refractivity contribution in [2.24, 2.45) is 0 Å². The van der Waals surface area contributed by atoms with E-state index in [0.717, 1.165) is 0 Å². The van der Waals surface area contributed by atoms with Crippen LogP contribution in [0.3, 0.4) is 0 Å². The van der Waals surface area contributed by atoms with E-state index < -0.39 is 0 Å². The fraction of sp³-hybridized carbons (Fsp3) is 0.462. The molecule has 1 saturated heterocycles. The van der Waals surface area contributed by atoms with Crippen LogP contribution in [-0.4, -0.2) is 46.2 Å². The number of thiophene rings is 1. The van der Waals surface area contributed by atoms with Gasteiger partial charge in [-0.05, 0) is 18.4 Å². The first-order valence-corrected chi connectivity index (χ1v) is 7.35. The van der Waals surface area contributed by atoms with Crippen molar-refractivity contribution < 1.29 is 9.53 Å². The molecule has 3 heterocycles. The largest absolute Gasteiger partial charge is 0.375 e. The van der Waals surface area contributed by atoms with Gasteiger partial charge in [-0.2, -0.15) is 0 Å². The summed E-state index contributed by atoms with van der Waals surface area (Å²) in [6.45, 7) is 3.66. The molecular formula is C13H15N3O3S. The summed E-state index contributed by atoms with van der Waals surface area (Å²) < 4.78 is 6.78. The zero-order valence-corrected chi connectivity index (χ0v) is 11.9. The Morgan fingerprint density at radius 1 is 1.60 bits per heavy atom. The molecule has 3 rings (SSSR count). The molecule has 0 spiro atoms. The molecule has 1 aliphatic heterocycles. The minimum absolute atomic E-state index is 0.0321. The monoisotopic (exact) mass is 293 g/mol. The molecule has 1 amide bonds. The maximum atomic E-state index is 12.2. The number of amides is 1. The number of hydrogen-bond acceptors (Lipinski definition) is 5. The van der Waals surface area contributed by atoms with Gasteiger partial charge in [0.1, 0.15) is 11.4 Å². The first-order chi connectivity index (χ1) is 9.65. The van der Waals surface area contributed by atoms with Gasteiger partial charge in [0.2, 0.25) is 5.91 Å². The van der Waals surface area contributed by atoms with Crippen molar-refractivity contribution >= 4 is 27.5 Å². The van der Waals surface area contributed by atoms with Gasteiger partial charge in [0.05, 0.1) is 24.4 Å². The summed E-state index contributed by atoms with van der Waals surface area (Å²) >= 11 is 1.42. The molecule has 20 heavy (non-hydrogen) atoms. The van der Waals surface area contributed by atoms with Crippen molar-refractivity contribution in [1.29, 1.82) is 0 Å². The van der Waals surface area contributed by atoms with Crippen LogP contribution in [0.1, 0.15) is 6.92 Å². The Bertz CT molecular complexity index is 693. The summed E-state index contributed by atoms with van der Waals surface area (Å²) in [7, 11) is 0. The lowest BCUT2D eigenvalue weighted by molar-refractivity contribution is -0.138. The third kappa shape index (κ3) is 2.46. The van der Waals surface area contributed by atoms with Gasteiger partial charge in [0, 0.05) is 13.1 Å². The van der Waals surface area contributed by atoms with E-state index in [9.17, 15) is 9.59 Å². The van der Waals surface area contributed by atoms with Crippen LogP contribution in [0.15, 0.2) is 22.6 Å². The van der Waals surface area contributed by atoms with Crippen LogP contribution in [0.25, 0.3) is 10.2 Å². The number of carbonyl (C=O) groups excluding carboxylic acids is 1. The number of fused-ring (bicyclic) bond motifs is 1. The van der Waals surface area contributed by atoms with E-state index >= 15 is 0 Å². The molecule has 2 aromatic heterocycles. The number of rotatable bonds is 2. The third-order valence-corrected chi connectivity index (χ3v) is 4.17. The molecule has 7 heteroatoms. The summed E-state index contributed by atoms with van der Waals surface area (Å²) in [6, 6.07) is 1.74. The molecule has 0 aromatic carbocycles. The number of nitrogens with zero attached hydrogens (tertiary/aromatic N) is 3. The van der Waals surface area contributed by atoms with Crippen LogP contribution in [0, 0.1) is 0 Å². The summed E-state index contributed by atoms with van der Waals surface area (Å²) in [5, 5.41) is 2.40. The zero-order chi connectivity index (χ0) is 14.1. The number of carbonyl (C=O) groups is 1. The summed E-state index contributed by atoms with van der Waals surface area (Å²) in [5.41, 5.74) is -0.161. The molecule has 1 atom stereocenters. The Morgan fingerprint density at radius 3 is 3.25 bits per heavy atom. The second-order valence-corrected chi connectivity index (χ2v) is 5.73. The Kier molecular flexibility index (Phi) is 3.54. The first kappa shape index (κ1) is 13.3. The van der Waals surface area contributed by atoms with Gasteiger partial charge >= 0.3 is 0 Å². The van der Waals surface area contributed by atoms with Crippen molar-refractivity contribution in [2.45, 2.75) is 19.6 Å². The fourth-order valence-electron chi connectivity index (χ4n) is 2.30. The number of ether oxygens (including phenoxy) is 1. The standard InChI is InChI=1S/C13H15N3O3S/c1-9-6-15(3-4-19-9)11(17)7-16-8-14-12-10(13(16)18)2-5-20-12/h2,5,8-9H,3-4,6-7H2,1H3. The zero-order valence-electron chi connectivity index (χ0n) is 11.1. The average molecular weight is 293 g/mol. The van der Waals surface area contributed by atoms with E-state index in [1.165, 1.54) is 22.2 Å². The van der Waals surface area contributed by atoms with Crippen LogP contribution in [0.4, 0.5) is 0 Å². The van der Waals surface area contributed by atoms with Gasteiger partial charge in [-0.1, -0.05) is 0 Å². The van der Waals surface area contributed by atoms with E-state index in [1.54, 1.807) is 11.0 Å². The van der Waals surface area contributed by atoms with Gasteiger partial charge in [0.15, 0.2) is 0 Å². The molecule has 6 nitrogen and oxygen atoms in total. The summed E-state index contributed by atoms with van der Waals surface area (Å²) in [4.78, 5) is 31.1. The first-order valence-electron chi connectivity index (χ1n) is 6.47. The topological polar surface area (TPSA) is 64.4 Å². The van der Waals surface area contributed by atoms with E-state index in [0.29, 0.717) is 29.9 Å². The second kappa shape index (κ2) is 5.34. The van der Waals surface area contributed by atoms with Crippen LogP contribution in [-0.2, 0) is 16.1 Å². The molecule has 1 fully saturated rings. The van der Waals surface area contributed by atoms with Gasteiger partial charge in [-0.25, -0.2) is 4.98 Å². The Balaban J connectivity index is 1.80. The van der Waals surface area contributed by atoms with E-state index in [4.69, 9.17) is 4.74 Å². The highest BCUT2D eigenvalue weighted by molar-refractivity contribution is 7.16. The van der Waals surface area contributed by atoms with Gasteiger partial charge in [-0.3, -0.25) is 14.2 Å². The van der Waals surface area contributed by atoms with Crippen LogP contribution < -0.4 is 5.56 Å². The van der Waals surface area contributed by atoms with Crippen molar-refractivity contribution in [3.05, 3.63) is 28.1 Å². The predicted octanol–water partition coefficient (Wildman–Crippen LogP) is 0.705. The van der Waals surface area contributed by atoms with Crippen LogP contribution in [0.2, 0.25) is 0 Å². The minimum atomic E-state index is -0.161. The molecule has 0 saturated carbocycles. The minimum Gasteiger partial charge on any atom is -0.375 e. The maximum absolute atomic E-state index is 12.2. The van der Waals surface area contributed by atoms with Crippen molar-refractivity contribution in [3.8, 4) is 0 Å². The fourth-order valence-corrected chi connectivity index (χ4v) is 3.02. The summed E-state index contributed by atoms with van der Waals surface area (Å²) in [6.07, 6.45) is 1.49. The lowest BCUT2D eigenvalue weighted by Gasteiger charge is -2.31. The molecular weight excluding hydrogens is 278 g/mol. The van der Waals surface area contributed by atoms with Gasteiger partial charge in [0.25, 0.3) is 5.56 Å². The molecule has 0 radical (unpaired) electrons. The van der Waals surface area contributed by atoms with E-state index in [1.807, 2.05) is 12.3 Å². The second-order valence-electron chi connectivity index (χ2n) is 4.84. The van der Waals surface area contributed by atoms with E-state index in [-0.39, 0.29) is 24.1 Å². The van der Waals surface area contributed by atoms with Crippen LogP contribution in [0.5, 0.6) is 0 Å². The molecule has 1 aliphatic rings. The quantitative estimate of drug-likeness (QED) is 0.818. The average Bonchev–Trinajstić information content (AvgIpc) is 2.91. The van der Waals surface area contributed by atoms with Crippen molar-refractivity contribution in [3.63, 3.8) is 0 Å². The molecule has 2 aromatic rings. The Hall–Kier alpha value is -1.73. The van der Waals surface area contributed by atoms with Crippen molar-refractivity contribution in [2.75, 3.05) is 19.7 Å². The lowest BCUT2D eigenvalue weighted by Crippen LogP contribution is -2.46. The lowest BCUT2D eigenvalue weighted by atomic mass is 10.3. The Morgan fingerprint density at radius 2 is 2.45 bits per heavy atom. The third-order valence-electron chi connectivity index (χ3n) is 3.35. The normalized spacial score (nSPS) is 19.4. The Labute approximate surface area is 119 Å². The smallest absolute Gasteiger partial charge is 0.262 e. The molecule has 106 valence electrons. The van der Waals surface area contributed by atoms with Gasteiger partial charge in [-0.15, -0.1) is 11.3 Å². The maximum Gasteiger partial charge on any atom is 0.262 e. The number of hydrogen-bond donors (Lipinski definition) is 0. The molecule has 0 aliphatic carbocycles. The SMILES string of the molecule is CC1CN(C(=O)Cn2cnc3sccc3c2=O)CCO1. The van der Waals surface area contributed by atoms with Gasteiger partial charge < -0.3 is 9.64 Å². The highest BCUT2D eigenvalue weighted by atomic mass is 32.1. The number of morpholine rings is 1. The highest BCUT2D eigenvalue weighted by Gasteiger charge is 2.22. The van der Waals surface area contributed by atoms with Crippen LogP contribution >= 0.6 is 11.3 Å².